The number of carbonyl (C=O) groups is 1. The van der Waals surface area contributed by atoms with E-state index in [0.29, 0.717) is 17.0 Å². The van der Waals surface area contributed by atoms with E-state index in [0.717, 1.165) is 6.07 Å². The van der Waals surface area contributed by atoms with Gasteiger partial charge in [-0.2, -0.15) is 18.3 Å². The third-order valence-electron chi connectivity index (χ3n) is 5.73. The number of aliphatic hydroxyl groups is 1. The van der Waals surface area contributed by atoms with Crippen LogP contribution in [-0.2, 0) is 19.8 Å². The van der Waals surface area contributed by atoms with Gasteiger partial charge in [-0.25, -0.2) is 14.4 Å². The van der Waals surface area contributed by atoms with Gasteiger partial charge in [-0.15, -0.1) is 0 Å². The van der Waals surface area contributed by atoms with E-state index in [1.165, 1.54) is 40.9 Å². The van der Waals surface area contributed by atoms with Gasteiger partial charge in [0, 0.05) is 24.4 Å². The molecule has 0 unspecified atom stereocenters. The number of hydrogen-bond acceptors (Lipinski definition) is 5. The van der Waals surface area contributed by atoms with Crippen molar-refractivity contribution >= 4 is 17.2 Å². The lowest BCUT2D eigenvalue weighted by molar-refractivity contribution is -0.137. The Hall–Kier alpha value is -4.58. The van der Waals surface area contributed by atoms with Gasteiger partial charge in [0.05, 0.1) is 41.0 Å². The van der Waals surface area contributed by atoms with E-state index in [-0.39, 0.29) is 29.7 Å². The lowest BCUT2D eigenvalue weighted by atomic mass is 9.99. The maximum atomic E-state index is 15.0. The Labute approximate surface area is 206 Å². The number of nitrogens with one attached hydrogen (secondary N) is 1. The van der Waals surface area contributed by atoms with Crippen LogP contribution in [0.4, 0.5) is 23.2 Å². The number of halogens is 4. The maximum Gasteiger partial charge on any atom is 0.417 e. The second-order valence-electron chi connectivity index (χ2n) is 8.14. The summed E-state index contributed by atoms with van der Waals surface area (Å²) in [6.07, 6.45) is -0.632. The van der Waals surface area contributed by atoms with Crippen molar-refractivity contribution in [3.05, 3.63) is 89.9 Å². The van der Waals surface area contributed by atoms with E-state index in [4.69, 9.17) is 0 Å². The maximum absolute atomic E-state index is 15.0. The third kappa shape index (κ3) is 4.42. The van der Waals surface area contributed by atoms with Crippen LogP contribution in [0.1, 0.15) is 21.6 Å². The highest BCUT2D eigenvalue weighted by Crippen LogP contribution is 2.38. The molecular formula is C25H18F4N6O2. The lowest BCUT2D eigenvalue weighted by Crippen LogP contribution is -2.18. The quantitative estimate of drug-likeness (QED) is 0.334. The van der Waals surface area contributed by atoms with E-state index in [1.807, 2.05) is 0 Å². The van der Waals surface area contributed by atoms with E-state index < -0.39 is 34.6 Å². The van der Waals surface area contributed by atoms with E-state index in [1.54, 1.807) is 30.3 Å². The van der Waals surface area contributed by atoms with Gasteiger partial charge in [0.25, 0.3) is 5.91 Å². The lowest BCUT2D eigenvalue weighted by Gasteiger charge is -2.16. The topological polar surface area (TPSA) is 97.3 Å². The molecule has 188 valence electrons. The molecule has 0 saturated carbocycles. The second-order valence-corrected chi connectivity index (χ2v) is 8.14. The first-order valence-corrected chi connectivity index (χ1v) is 10.9. The highest BCUT2D eigenvalue weighted by molar-refractivity contribution is 6.09. The standard InChI is InChI=1S/C25H18F4N6O2/c1-34-8-7-20(33-34)16-9-17(19(26)10-18(16)25(27,28)29)24(37)32-22-21(14-5-3-2-4-6-14)31-13-35-15(12-36)11-30-23(22)35/h2-11,13,36H,12H2,1H3,(H,32,37). The van der Waals surface area contributed by atoms with E-state index in [9.17, 15) is 27.5 Å². The summed E-state index contributed by atoms with van der Waals surface area (Å²) >= 11 is 0. The zero-order valence-corrected chi connectivity index (χ0v) is 19.2. The number of imidazole rings is 1. The predicted molar refractivity (Wildman–Crippen MR) is 126 cm³/mol. The summed E-state index contributed by atoms with van der Waals surface area (Å²) in [4.78, 5) is 22.0. The van der Waals surface area contributed by atoms with Crippen LogP contribution in [0.2, 0.25) is 0 Å². The highest BCUT2D eigenvalue weighted by Gasteiger charge is 2.36. The number of aryl methyl sites for hydroxylation is 1. The minimum absolute atomic E-state index is 0.0709. The Morgan fingerprint density at radius 3 is 2.51 bits per heavy atom. The molecular weight excluding hydrogens is 492 g/mol. The predicted octanol–water partition coefficient (Wildman–Crippen LogP) is 4.70. The van der Waals surface area contributed by atoms with Crippen LogP contribution in [0.5, 0.6) is 0 Å². The minimum atomic E-state index is -4.88. The molecule has 3 aromatic heterocycles. The molecule has 0 bridgehead atoms. The molecule has 37 heavy (non-hydrogen) atoms. The van der Waals surface area contributed by atoms with Crippen LogP contribution in [-0.4, -0.2) is 35.2 Å². The van der Waals surface area contributed by atoms with Crippen LogP contribution in [0, 0.1) is 5.82 Å². The summed E-state index contributed by atoms with van der Waals surface area (Å²) in [5.41, 5.74) is -0.791. The summed E-state index contributed by atoms with van der Waals surface area (Å²) < 4.78 is 58.9. The van der Waals surface area contributed by atoms with Crippen molar-refractivity contribution in [1.82, 2.24) is 24.1 Å². The third-order valence-corrected chi connectivity index (χ3v) is 5.73. The van der Waals surface area contributed by atoms with Crippen LogP contribution in [0.15, 0.2) is 67.3 Å². The van der Waals surface area contributed by atoms with Crippen LogP contribution in [0.25, 0.3) is 28.2 Å². The number of benzene rings is 2. The summed E-state index contributed by atoms with van der Waals surface area (Å²) in [5, 5.41) is 16.2. The number of nitrogens with zero attached hydrogens (tertiary/aromatic N) is 5. The summed E-state index contributed by atoms with van der Waals surface area (Å²) in [5.74, 6) is -2.37. The Morgan fingerprint density at radius 2 is 1.86 bits per heavy atom. The fourth-order valence-electron chi connectivity index (χ4n) is 3.98. The molecule has 0 aliphatic heterocycles. The summed E-state index contributed by atoms with van der Waals surface area (Å²) in [7, 11) is 1.53. The molecule has 5 rings (SSSR count). The van der Waals surface area contributed by atoms with Crippen molar-refractivity contribution in [2.75, 3.05) is 5.32 Å². The number of alkyl halides is 3. The van der Waals surface area contributed by atoms with Gasteiger partial charge in [-0.05, 0) is 18.2 Å². The molecule has 0 aliphatic rings. The smallest absolute Gasteiger partial charge is 0.390 e. The fraction of sp³-hybridized carbons (Fsp3) is 0.120. The molecule has 5 aromatic rings. The average Bonchev–Trinajstić information content (AvgIpc) is 3.50. The summed E-state index contributed by atoms with van der Waals surface area (Å²) in [6.45, 7) is -0.359. The van der Waals surface area contributed by atoms with Crippen molar-refractivity contribution in [2.24, 2.45) is 7.05 Å². The Kier molecular flexibility index (Phi) is 5.96. The number of amides is 1. The molecule has 2 aromatic carbocycles. The largest absolute Gasteiger partial charge is 0.417 e. The molecule has 2 N–H and O–H groups in total. The monoisotopic (exact) mass is 510 g/mol. The zero-order chi connectivity index (χ0) is 26.3. The molecule has 8 nitrogen and oxygen atoms in total. The van der Waals surface area contributed by atoms with Crippen LogP contribution < -0.4 is 5.32 Å². The molecule has 3 heterocycles. The number of aliphatic hydroxyl groups excluding tert-OH is 1. The highest BCUT2D eigenvalue weighted by atomic mass is 19.4. The van der Waals surface area contributed by atoms with Crippen LogP contribution in [0.3, 0.4) is 0 Å². The molecule has 1 amide bonds. The Bertz CT molecular complexity index is 1630. The van der Waals surface area contributed by atoms with Gasteiger partial charge < -0.3 is 10.4 Å². The zero-order valence-electron chi connectivity index (χ0n) is 19.2. The summed E-state index contributed by atoms with van der Waals surface area (Å²) in [6, 6.07) is 11.2. The number of fused-ring (bicyclic) bond motifs is 1. The van der Waals surface area contributed by atoms with Crippen LogP contribution >= 0.6 is 0 Å². The fourth-order valence-corrected chi connectivity index (χ4v) is 3.98. The molecule has 12 heteroatoms. The number of carbonyl (C=O) groups excluding carboxylic acids is 1. The van der Waals surface area contributed by atoms with Crippen molar-refractivity contribution in [1.29, 1.82) is 0 Å². The Balaban J connectivity index is 1.65. The van der Waals surface area contributed by atoms with Gasteiger partial charge in [0.1, 0.15) is 17.8 Å². The molecule has 0 aliphatic carbocycles. The van der Waals surface area contributed by atoms with E-state index >= 15 is 0 Å². The molecule has 0 radical (unpaired) electrons. The van der Waals surface area contributed by atoms with E-state index in [2.05, 4.69) is 20.4 Å². The van der Waals surface area contributed by atoms with Crippen molar-refractivity contribution in [3.63, 3.8) is 0 Å². The van der Waals surface area contributed by atoms with Gasteiger partial charge in [0.2, 0.25) is 0 Å². The first-order valence-electron chi connectivity index (χ1n) is 10.9. The molecule has 0 atom stereocenters. The molecule has 0 spiro atoms. The molecule has 0 saturated heterocycles. The van der Waals surface area contributed by atoms with Crippen molar-refractivity contribution in [2.45, 2.75) is 12.8 Å². The van der Waals surface area contributed by atoms with Gasteiger partial charge >= 0.3 is 6.18 Å². The van der Waals surface area contributed by atoms with Gasteiger partial charge in [-0.3, -0.25) is 13.9 Å². The number of anilines is 1. The van der Waals surface area contributed by atoms with Crippen molar-refractivity contribution < 1.29 is 27.5 Å². The minimum Gasteiger partial charge on any atom is -0.390 e. The first-order chi connectivity index (χ1) is 17.7. The molecule has 0 fully saturated rings. The number of hydrogen-bond donors (Lipinski definition) is 2. The average molecular weight is 510 g/mol. The normalized spacial score (nSPS) is 11.7. The second kappa shape index (κ2) is 9.13. The number of rotatable bonds is 5. The SMILES string of the molecule is Cn1ccc(-c2cc(C(=O)Nc3c(-c4ccccc4)ncn4c(CO)cnc34)c(F)cc2C(F)(F)F)n1. The van der Waals surface area contributed by atoms with Gasteiger partial charge in [-0.1, -0.05) is 30.3 Å². The number of aromatic nitrogens is 5. The van der Waals surface area contributed by atoms with Gasteiger partial charge in [0.15, 0.2) is 5.65 Å². The first kappa shape index (κ1) is 24.1. The Morgan fingerprint density at radius 1 is 1.11 bits per heavy atom. The van der Waals surface area contributed by atoms with Crippen molar-refractivity contribution in [3.8, 4) is 22.5 Å².